The van der Waals surface area contributed by atoms with E-state index in [0.717, 1.165) is 25.4 Å². The summed E-state index contributed by atoms with van der Waals surface area (Å²) in [7, 11) is 4.25. The second-order valence-electron chi connectivity index (χ2n) is 8.92. The molecule has 1 saturated carbocycles. The van der Waals surface area contributed by atoms with Gasteiger partial charge in [0.05, 0.1) is 5.92 Å². The predicted octanol–water partition coefficient (Wildman–Crippen LogP) is 3.22. The first-order valence-electron chi connectivity index (χ1n) is 10.8. The Bertz CT molecular complexity index is 413. The first-order valence-corrected chi connectivity index (χ1v) is 10.8. The van der Waals surface area contributed by atoms with Crippen molar-refractivity contribution in [3.05, 3.63) is 0 Å². The maximum absolute atomic E-state index is 12.9. The van der Waals surface area contributed by atoms with E-state index in [2.05, 4.69) is 16.8 Å². The van der Waals surface area contributed by atoms with Crippen LogP contribution in [0.5, 0.6) is 0 Å². The van der Waals surface area contributed by atoms with Crippen molar-refractivity contribution in [2.45, 2.75) is 70.3 Å². The molecular weight excluding hydrogens is 310 g/mol. The summed E-state index contributed by atoms with van der Waals surface area (Å²) in [5, 5.41) is 0. The highest BCUT2D eigenvalue weighted by atomic mass is 16.2. The summed E-state index contributed by atoms with van der Waals surface area (Å²) in [6.07, 6.45) is 13.0. The fourth-order valence-corrected chi connectivity index (χ4v) is 5.24. The molecular formula is C21H39N3O. The van der Waals surface area contributed by atoms with Gasteiger partial charge in [-0.2, -0.15) is 0 Å². The van der Waals surface area contributed by atoms with Crippen molar-refractivity contribution in [3.63, 3.8) is 0 Å². The third kappa shape index (κ3) is 5.43. The molecule has 0 aromatic heterocycles. The number of hydrogen-bond donors (Lipinski definition) is 0. The lowest BCUT2D eigenvalue weighted by atomic mass is 9.93. The Kier molecular flexibility index (Phi) is 7.18. The second-order valence-corrected chi connectivity index (χ2v) is 8.92. The molecule has 25 heavy (non-hydrogen) atoms. The molecule has 0 radical (unpaired) electrons. The molecule has 1 amide bonds. The summed E-state index contributed by atoms with van der Waals surface area (Å²) < 4.78 is 0. The van der Waals surface area contributed by atoms with Gasteiger partial charge in [0, 0.05) is 26.2 Å². The van der Waals surface area contributed by atoms with Gasteiger partial charge in [-0.05, 0) is 71.1 Å². The zero-order valence-corrected chi connectivity index (χ0v) is 16.6. The average Bonchev–Trinajstić information content (AvgIpc) is 3.15. The highest BCUT2D eigenvalue weighted by Gasteiger charge is 2.32. The van der Waals surface area contributed by atoms with Crippen LogP contribution < -0.4 is 0 Å². The van der Waals surface area contributed by atoms with Gasteiger partial charge in [0.15, 0.2) is 0 Å². The number of carbonyl (C=O) groups is 1. The monoisotopic (exact) mass is 349 g/mol. The largest absolute Gasteiger partial charge is 0.345 e. The van der Waals surface area contributed by atoms with E-state index in [9.17, 15) is 4.79 Å². The summed E-state index contributed by atoms with van der Waals surface area (Å²) in [5.41, 5.74) is 0. The molecule has 4 nitrogen and oxygen atoms in total. The van der Waals surface area contributed by atoms with E-state index in [1.165, 1.54) is 77.4 Å². The molecule has 1 aliphatic carbocycles. The van der Waals surface area contributed by atoms with Crippen LogP contribution in [0.3, 0.4) is 0 Å². The van der Waals surface area contributed by atoms with E-state index in [0.29, 0.717) is 11.9 Å². The van der Waals surface area contributed by atoms with Gasteiger partial charge in [-0.3, -0.25) is 9.69 Å². The molecule has 3 aliphatic rings. The van der Waals surface area contributed by atoms with Gasteiger partial charge in [-0.15, -0.1) is 0 Å². The minimum absolute atomic E-state index is 0.241. The van der Waals surface area contributed by atoms with Gasteiger partial charge < -0.3 is 9.80 Å². The molecule has 0 aromatic carbocycles. The number of nitrogens with zero attached hydrogens (tertiary/aromatic N) is 3. The summed E-state index contributed by atoms with van der Waals surface area (Å²) in [5.74, 6) is 1.59. The fourth-order valence-electron chi connectivity index (χ4n) is 5.24. The lowest BCUT2D eigenvalue weighted by Crippen LogP contribution is -2.50. The Balaban J connectivity index is 1.41. The number of amides is 1. The topological polar surface area (TPSA) is 26.8 Å². The molecule has 0 bridgehead atoms. The third-order valence-electron chi connectivity index (χ3n) is 6.96. The van der Waals surface area contributed by atoms with Crippen LogP contribution in [0.25, 0.3) is 0 Å². The highest BCUT2D eigenvalue weighted by molar-refractivity contribution is 5.78. The second kappa shape index (κ2) is 9.36. The normalized spacial score (nSPS) is 27.7. The quantitative estimate of drug-likeness (QED) is 0.737. The smallest absolute Gasteiger partial charge is 0.226 e. The Morgan fingerprint density at radius 1 is 1.00 bits per heavy atom. The van der Waals surface area contributed by atoms with Gasteiger partial charge in [-0.1, -0.05) is 25.7 Å². The van der Waals surface area contributed by atoms with Gasteiger partial charge in [0.1, 0.15) is 0 Å². The maximum atomic E-state index is 12.9. The van der Waals surface area contributed by atoms with E-state index in [1.54, 1.807) is 0 Å². The van der Waals surface area contributed by atoms with Crippen molar-refractivity contribution < 1.29 is 4.79 Å². The fraction of sp³-hybridized carbons (Fsp3) is 0.952. The number of likely N-dealkylation sites (tertiary alicyclic amines) is 2. The molecule has 3 fully saturated rings. The van der Waals surface area contributed by atoms with Crippen molar-refractivity contribution in [2.75, 3.05) is 46.8 Å². The van der Waals surface area contributed by atoms with E-state index < -0.39 is 0 Å². The summed E-state index contributed by atoms with van der Waals surface area (Å²) in [4.78, 5) is 20.0. The minimum Gasteiger partial charge on any atom is -0.345 e. The SMILES string of the molecule is CN1CCC(N2CCC[C@H](C(=O)N(C)CCCC3CCCC3)C2)CC1. The molecule has 2 heterocycles. The number of rotatable bonds is 6. The van der Waals surface area contributed by atoms with E-state index in [-0.39, 0.29) is 5.92 Å². The molecule has 144 valence electrons. The zero-order valence-electron chi connectivity index (χ0n) is 16.6. The number of carbonyl (C=O) groups excluding carboxylic acids is 1. The predicted molar refractivity (Wildman–Crippen MR) is 104 cm³/mol. The molecule has 1 atom stereocenters. The molecule has 3 rings (SSSR count). The minimum atomic E-state index is 0.241. The maximum Gasteiger partial charge on any atom is 0.226 e. The van der Waals surface area contributed by atoms with Crippen LogP contribution in [-0.2, 0) is 4.79 Å². The molecule has 0 aromatic rings. The van der Waals surface area contributed by atoms with Gasteiger partial charge >= 0.3 is 0 Å². The molecule has 2 aliphatic heterocycles. The highest BCUT2D eigenvalue weighted by Crippen LogP contribution is 2.29. The zero-order chi connectivity index (χ0) is 17.6. The Morgan fingerprint density at radius 3 is 2.44 bits per heavy atom. The van der Waals surface area contributed by atoms with Crippen LogP contribution in [-0.4, -0.2) is 73.5 Å². The van der Waals surface area contributed by atoms with Crippen LogP contribution >= 0.6 is 0 Å². The van der Waals surface area contributed by atoms with Crippen molar-refractivity contribution in [3.8, 4) is 0 Å². The lowest BCUT2D eigenvalue weighted by molar-refractivity contribution is -0.136. The molecule has 4 heteroatoms. The van der Waals surface area contributed by atoms with Gasteiger partial charge in [0.25, 0.3) is 0 Å². The third-order valence-corrected chi connectivity index (χ3v) is 6.96. The first kappa shape index (κ1) is 19.2. The van der Waals surface area contributed by atoms with E-state index >= 15 is 0 Å². The van der Waals surface area contributed by atoms with Crippen LogP contribution in [0.4, 0.5) is 0 Å². The van der Waals surface area contributed by atoms with Crippen molar-refractivity contribution in [2.24, 2.45) is 11.8 Å². The van der Waals surface area contributed by atoms with Crippen molar-refractivity contribution in [1.82, 2.24) is 14.7 Å². The van der Waals surface area contributed by atoms with Gasteiger partial charge in [-0.25, -0.2) is 0 Å². The van der Waals surface area contributed by atoms with E-state index in [4.69, 9.17) is 0 Å². The molecule has 2 saturated heterocycles. The Hall–Kier alpha value is -0.610. The van der Waals surface area contributed by atoms with Crippen LogP contribution in [0, 0.1) is 11.8 Å². The van der Waals surface area contributed by atoms with E-state index in [1.807, 2.05) is 11.9 Å². The van der Waals surface area contributed by atoms with Crippen LogP contribution in [0.1, 0.15) is 64.2 Å². The van der Waals surface area contributed by atoms with Crippen molar-refractivity contribution in [1.29, 1.82) is 0 Å². The standard InChI is InChI=1S/C21H39N3O/c1-22-15-11-20(12-16-22)24-14-6-10-19(17-24)21(25)23(2)13-5-9-18-7-3-4-8-18/h18-20H,3-17H2,1-2H3/t19-/m0/s1. The number of hydrogen-bond acceptors (Lipinski definition) is 3. The molecule has 0 spiro atoms. The average molecular weight is 350 g/mol. The molecule has 0 N–H and O–H groups in total. The molecule has 0 unspecified atom stereocenters. The van der Waals surface area contributed by atoms with Crippen LogP contribution in [0.2, 0.25) is 0 Å². The summed E-state index contributed by atoms with van der Waals surface area (Å²) in [6, 6.07) is 0.708. The van der Waals surface area contributed by atoms with Crippen LogP contribution in [0.15, 0.2) is 0 Å². The first-order chi connectivity index (χ1) is 12.1. The summed E-state index contributed by atoms with van der Waals surface area (Å²) in [6.45, 7) is 5.57. The summed E-state index contributed by atoms with van der Waals surface area (Å²) >= 11 is 0. The Morgan fingerprint density at radius 2 is 1.72 bits per heavy atom. The Labute approximate surface area is 154 Å². The number of piperidine rings is 2. The lowest BCUT2D eigenvalue weighted by Gasteiger charge is -2.41. The van der Waals surface area contributed by atoms with Gasteiger partial charge in [0.2, 0.25) is 5.91 Å². The van der Waals surface area contributed by atoms with Crippen molar-refractivity contribution >= 4 is 5.91 Å².